The molecule has 0 spiro atoms. The van der Waals surface area contributed by atoms with Crippen LogP contribution in [0.15, 0.2) is 28.6 Å². The van der Waals surface area contributed by atoms with Crippen LogP contribution in [0.3, 0.4) is 0 Å². The standard InChI is InChI=1S/C17H19ClN4O2S2/c1-10(13-5-3-4-6-14(13)18)19-15(24)9-25-17-21-20-16(26-17)22(11(2)23)12-7-8-12/h3-6,10,12H,7-9H2,1-2H3,(H,19,24). The van der Waals surface area contributed by atoms with Crippen LogP contribution < -0.4 is 10.2 Å². The minimum Gasteiger partial charge on any atom is -0.349 e. The molecule has 1 unspecified atom stereocenters. The summed E-state index contributed by atoms with van der Waals surface area (Å²) in [4.78, 5) is 25.7. The Hall–Kier alpha value is -1.64. The van der Waals surface area contributed by atoms with E-state index in [1.807, 2.05) is 25.1 Å². The molecular weight excluding hydrogens is 392 g/mol. The van der Waals surface area contributed by atoms with Crippen LogP contribution >= 0.6 is 34.7 Å². The van der Waals surface area contributed by atoms with Gasteiger partial charge in [0.15, 0.2) is 4.34 Å². The van der Waals surface area contributed by atoms with Gasteiger partial charge in [0, 0.05) is 18.0 Å². The molecule has 0 bridgehead atoms. The summed E-state index contributed by atoms with van der Waals surface area (Å²) < 4.78 is 0.674. The highest BCUT2D eigenvalue weighted by Crippen LogP contribution is 2.35. The number of halogens is 1. The Morgan fingerprint density at radius 3 is 2.77 bits per heavy atom. The number of hydrogen-bond acceptors (Lipinski definition) is 6. The molecule has 0 aliphatic heterocycles. The first-order valence-corrected chi connectivity index (χ1v) is 10.4. The quantitative estimate of drug-likeness (QED) is 0.556. The molecule has 26 heavy (non-hydrogen) atoms. The predicted octanol–water partition coefficient (Wildman–Crippen LogP) is 3.68. The number of rotatable bonds is 7. The van der Waals surface area contributed by atoms with E-state index in [0.717, 1.165) is 18.4 Å². The normalized spacial score (nSPS) is 14.7. The molecule has 1 aliphatic carbocycles. The number of hydrogen-bond donors (Lipinski definition) is 1. The Balaban J connectivity index is 1.53. The second kappa shape index (κ2) is 8.37. The van der Waals surface area contributed by atoms with E-state index >= 15 is 0 Å². The summed E-state index contributed by atoms with van der Waals surface area (Å²) in [7, 11) is 0. The second-order valence-corrected chi connectivity index (χ2v) is 8.66. The van der Waals surface area contributed by atoms with Gasteiger partial charge in [0.2, 0.25) is 16.9 Å². The van der Waals surface area contributed by atoms with Crippen molar-refractivity contribution in [1.29, 1.82) is 0 Å². The van der Waals surface area contributed by atoms with Crippen molar-refractivity contribution in [3.8, 4) is 0 Å². The molecule has 0 saturated heterocycles. The smallest absolute Gasteiger partial charge is 0.230 e. The number of thioether (sulfide) groups is 1. The van der Waals surface area contributed by atoms with Crippen molar-refractivity contribution >= 4 is 51.6 Å². The Morgan fingerprint density at radius 1 is 1.38 bits per heavy atom. The Labute approximate surface area is 165 Å². The zero-order valence-corrected chi connectivity index (χ0v) is 16.8. The van der Waals surface area contributed by atoms with E-state index in [9.17, 15) is 9.59 Å². The molecule has 1 atom stereocenters. The first-order chi connectivity index (χ1) is 12.5. The van der Waals surface area contributed by atoms with Crippen LogP contribution in [-0.2, 0) is 9.59 Å². The molecule has 138 valence electrons. The average Bonchev–Trinajstić information content (AvgIpc) is 3.30. The lowest BCUT2D eigenvalue weighted by Gasteiger charge is -2.15. The fraction of sp³-hybridized carbons (Fsp3) is 0.412. The minimum absolute atomic E-state index is 0.0218. The lowest BCUT2D eigenvalue weighted by atomic mass is 10.1. The molecular formula is C17H19ClN4O2S2. The predicted molar refractivity (Wildman–Crippen MR) is 105 cm³/mol. The van der Waals surface area contributed by atoms with Gasteiger partial charge in [0.25, 0.3) is 0 Å². The molecule has 0 radical (unpaired) electrons. The van der Waals surface area contributed by atoms with Crippen molar-refractivity contribution in [2.24, 2.45) is 0 Å². The molecule has 2 aromatic rings. The molecule has 1 aliphatic rings. The topological polar surface area (TPSA) is 75.2 Å². The molecule has 3 rings (SSSR count). The average molecular weight is 411 g/mol. The van der Waals surface area contributed by atoms with Crippen LogP contribution in [0.2, 0.25) is 5.02 Å². The molecule has 2 amide bonds. The van der Waals surface area contributed by atoms with E-state index in [4.69, 9.17) is 11.6 Å². The highest BCUT2D eigenvalue weighted by Gasteiger charge is 2.34. The number of anilines is 1. The summed E-state index contributed by atoms with van der Waals surface area (Å²) in [5, 5.41) is 12.4. The van der Waals surface area contributed by atoms with Crippen LogP contribution in [0.1, 0.15) is 38.3 Å². The highest BCUT2D eigenvalue weighted by molar-refractivity contribution is 8.01. The van der Waals surface area contributed by atoms with Gasteiger partial charge in [0.1, 0.15) is 0 Å². The molecule has 1 aromatic carbocycles. The number of aromatic nitrogens is 2. The number of nitrogens with one attached hydrogen (secondary N) is 1. The molecule has 1 N–H and O–H groups in total. The van der Waals surface area contributed by atoms with Gasteiger partial charge in [0.05, 0.1) is 11.8 Å². The first kappa shape index (κ1) is 19.1. The van der Waals surface area contributed by atoms with Crippen LogP contribution in [0.5, 0.6) is 0 Å². The van der Waals surface area contributed by atoms with Crippen molar-refractivity contribution in [2.75, 3.05) is 10.7 Å². The third-order valence-electron chi connectivity index (χ3n) is 3.93. The van der Waals surface area contributed by atoms with Crippen LogP contribution in [0.25, 0.3) is 0 Å². The summed E-state index contributed by atoms with van der Waals surface area (Å²) in [6.45, 7) is 3.43. The third-order valence-corrected chi connectivity index (χ3v) is 6.33. The van der Waals surface area contributed by atoms with E-state index in [1.54, 1.807) is 11.0 Å². The van der Waals surface area contributed by atoms with Crippen LogP contribution in [0.4, 0.5) is 5.13 Å². The molecule has 6 nitrogen and oxygen atoms in total. The summed E-state index contributed by atoms with van der Waals surface area (Å²) in [5.41, 5.74) is 0.882. The number of benzene rings is 1. The Bertz CT molecular complexity index is 810. The fourth-order valence-electron chi connectivity index (χ4n) is 2.55. The van der Waals surface area contributed by atoms with Crippen molar-refractivity contribution in [3.05, 3.63) is 34.9 Å². The van der Waals surface area contributed by atoms with Crippen molar-refractivity contribution in [1.82, 2.24) is 15.5 Å². The van der Waals surface area contributed by atoms with E-state index < -0.39 is 0 Å². The van der Waals surface area contributed by atoms with Crippen LogP contribution in [0, 0.1) is 0 Å². The Morgan fingerprint density at radius 2 is 2.12 bits per heavy atom. The SMILES string of the molecule is CC(=O)N(c1nnc(SCC(=O)NC(C)c2ccccc2Cl)s1)C1CC1. The fourth-order valence-corrected chi connectivity index (χ4v) is 4.62. The lowest BCUT2D eigenvalue weighted by Crippen LogP contribution is -2.30. The Kier molecular flexibility index (Phi) is 6.16. The number of nitrogens with zero attached hydrogens (tertiary/aromatic N) is 3. The van der Waals surface area contributed by atoms with E-state index in [1.165, 1.54) is 30.0 Å². The lowest BCUT2D eigenvalue weighted by molar-refractivity contribution is -0.119. The molecule has 9 heteroatoms. The summed E-state index contributed by atoms with van der Waals surface area (Å²) in [5.74, 6) is 0.101. The second-order valence-electron chi connectivity index (χ2n) is 6.07. The zero-order valence-electron chi connectivity index (χ0n) is 14.4. The maximum Gasteiger partial charge on any atom is 0.230 e. The number of carbonyl (C=O) groups excluding carboxylic acids is 2. The number of amides is 2. The molecule has 1 heterocycles. The van der Waals surface area contributed by atoms with Gasteiger partial charge in [-0.2, -0.15) is 0 Å². The van der Waals surface area contributed by atoms with E-state index in [0.29, 0.717) is 14.5 Å². The summed E-state index contributed by atoms with van der Waals surface area (Å²) in [6, 6.07) is 7.52. The minimum atomic E-state index is -0.176. The maximum atomic E-state index is 12.2. The van der Waals surface area contributed by atoms with E-state index in [-0.39, 0.29) is 29.7 Å². The highest BCUT2D eigenvalue weighted by atomic mass is 35.5. The van der Waals surface area contributed by atoms with Gasteiger partial charge in [-0.25, -0.2) is 0 Å². The monoisotopic (exact) mass is 410 g/mol. The summed E-state index contributed by atoms with van der Waals surface area (Å²) >= 11 is 8.81. The van der Waals surface area contributed by atoms with Gasteiger partial charge >= 0.3 is 0 Å². The first-order valence-electron chi connectivity index (χ1n) is 8.25. The van der Waals surface area contributed by atoms with Crippen molar-refractivity contribution in [3.63, 3.8) is 0 Å². The maximum absolute atomic E-state index is 12.2. The molecule has 1 fully saturated rings. The third kappa shape index (κ3) is 4.75. The van der Waals surface area contributed by atoms with Gasteiger partial charge in [-0.05, 0) is 31.4 Å². The molecule has 1 saturated carbocycles. The van der Waals surface area contributed by atoms with Gasteiger partial charge < -0.3 is 5.32 Å². The largest absolute Gasteiger partial charge is 0.349 e. The zero-order chi connectivity index (χ0) is 18.7. The van der Waals surface area contributed by atoms with Gasteiger partial charge in [-0.1, -0.05) is 52.9 Å². The van der Waals surface area contributed by atoms with Gasteiger partial charge in [-0.3, -0.25) is 14.5 Å². The van der Waals surface area contributed by atoms with Crippen molar-refractivity contribution in [2.45, 2.75) is 43.1 Å². The summed E-state index contributed by atoms with van der Waals surface area (Å²) in [6.07, 6.45) is 2.01. The number of carbonyl (C=O) groups is 2. The van der Waals surface area contributed by atoms with Crippen molar-refractivity contribution < 1.29 is 9.59 Å². The van der Waals surface area contributed by atoms with Gasteiger partial charge in [-0.15, -0.1) is 10.2 Å². The van der Waals surface area contributed by atoms with E-state index in [2.05, 4.69) is 15.5 Å². The van der Waals surface area contributed by atoms with Crippen LogP contribution in [-0.4, -0.2) is 33.8 Å². The molecule has 1 aromatic heterocycles.